The Bertz CT molecular complexity index is 415. The van der Waals surface area contributed by atoms with Crippen molar-refractivity contribution in [3.63, 3.8) is 0 Å². The molecule has 0 radical (unpaired) electrons. The SMILES string of the molecule is CC1CN=C(Nc2ccccc2N(C)C)SC1. The summed E-state index contributed by atoms with van der Waals surface area (Å²) in [5.41, 5.74) is 2.31. The van der Waals surface area contributed by atoms with E-state index in [1.54, 1.807) is 11.8 Å². The van der Waals surface area contributed by atoms with Crippen LogP contribution in [0.2, 0.25) is 0 Å². The van der Waals surface area contributed by atoms with Gasteiger partial charge in [0, 0.05) is 26.4 Å². The van der Waals surface area contributed by atoms with Gasteiger partial charge in [-0.05, 0) is 18.1 Å². The minimum absolute atomic E-state index is 0.689. The zero-order chi connectivity index (χ0) is 12.3. The van der Waals surface area contributed by atoms with Crippen LogP contribution in [0.1, 0.15) is 6.92 Å². The summed E-state index contributed by atoms with van der Waals surface area (Å²) in [6, 6.07) is 8.31. The Labute approximate surface area is 107 Å². The molecule has 1 aromatic rings. The van der Waals surface area contributed by atoms with Crippen LogP contribution in [0.15, 0.2) is 29.3 Å². The van der Waals surface area contributed by atoms with E-state index in [4.69, 9.17) is 0 Å². The normalized spacial score (nSPS) is 19.7. The second-order valence-electron chi connectivity index (χ2n) is 4.60. The highest BCUT2D eigenvalue weighted by Gasteiger charge is 2.13. The Morgan fingerprint density at radius 1 is 1.35 bits per heavy atom. The van der Waals surface area contributed by atoms with Gasteiger partial charge in [0.05, 0.1) is 11.4 Å². The number of rotatable bonds is 2. The molecule has 1 atom stereocenters. The van der Waals surface area contributed by atoms with E-state index in [9.17, 15) is 0 Å². The first kappa shape index (κ1) is 12.3. The van der Waals surface area contributed by atoms with Gasteiger partial charge in [-0.3, -0.25) is 4.99 Å². The van der Waals surface area contributed by atoms with Crippen molar-refractivity contribution >= 4 is 28.3 Å². The van der Waals surface area contributed by atoms with Crippen LogP contribution in [-0.4, -0.2) is 31.6 Å². The summed E-state index contributed by atoms with van der Waals surface area (Å²) in [6.45, 7) is 3.17. The molecule has 1 aliphatic heterocycles. The van der Waals surface area contributed by atoms with Crippen LogP contribution in [0.25, 0.3) is 0 Å². The van der Waals surface area contributed by atoms with Crippen molar-refractivity contribution in [2.75, 3.05) is 36.6 Å². The number of anilines is 2. The van der Waals surface area contributed by atoms with Crippen molar-refractivity contribution in [2.45, 2.75) is 6.92 Å². The molecule has 17 heavy (non-hydrogen) atoms. The maximum atomic E-state index is 4.56. The average Bonchev–Trinajstić information content (AvgIpc) is 2.32. The fourth-order valence-electron chi connectivity index (χ4n) is 1.72. The third-order valence-electron chi connectivity index (χ3n) is 2.68. The van der Waals surface area contributed by atoms with Gasteiger partial charge in [0.1, 0.15) is 0 Å². The fourth-order valence-corrected chi connectivity index (χ4v) is 2.61. The summed E-state index contributed by atoms with van der Waals surface area (Å²) in [6.07, 6.45) is 0. The highest BCUT2D eigenvalue weighted by atomic mass is 32.2. The van der Waals surface area contributed by atoms with E-state index in [1.807, 2.05) is 6.07 Å². The molecule has 1 unspecified atom stereocenters. The van der Waals surface area contributed by atoms with Gasteiger partial charge in [-0.15, -0.1) is 0 Å². The molecule has 0 aromatic heterocycles. The minimum atomic E-state index is 0.689. The van der Waals surface area contributed by atoms with E-state index in [0.29, 0.717) is 5.92 Å². The van der Waals surface area contributed by atoms with Crippen LogP contribution in [0.3, 0.4) is 0 Å². The average molecular weight is 249 g/mol. The third-order valence-corrected chi connectivity index (χ3v) is 3.92. The van der Waals surface area contributed by atoms with Gasteiger partial charge in [0.2, 0.25) is 0 Å². The van der Waals surface area contributed by atoms with E-state index >= 15 is 0 Å². The molecule has 0 amide bonds. The molecule has 1 heterocycles. The van der Waals surface area contributed by atoms with Gasteiger partial charge in [0.15, 0.2) is 5.17 Å². The Balaban J connectivity index is 2.13. The minimum Gasteiger partial charge on any atom is -0.376 e. The molecule has 0 saturated carbocycles. The molecule has 0 spiro atoms. The van der Waals surface area contributed by atoms with Crippen molar-refractivity contribution in [3.8, 4) is 0 Å². The van der Waals surface area contributed by atoms with Crippen LogP contribution in [0.5, 0.6) is 0 Å². The topological polar surface area (TPSA) is 27.6 Å². The lowest BCUT2D eigenvalue weighted by Crippen LogP contribution is -2.20. The number of amidine groups is 1. The van der Waals surface area contributed by atoms with Crippen LogP contribution in [0.4, 0.5) is 11.4 Å². The molecule has 3 nitrogen and oxygen atoms in total. The molecule has 0 bridgehead atoms. The second kappa shape index (κ2) is 5.45. The smallest absolute Gasteiger partial charge is 0.161 e. The lowest BCUT2D eigenvalue weighted by Gasteiger charge is -2.21. The maximum Gasteiger partial charge on any atom is 0.161 e. The third kappa shape index (κ3) is 3.16. The number of para-hydroxylation sites is 2. The quantitative estimate of drug-likeness (QED) is 0.873. The maximum absolute atomic E-state index is 4.56. The lowest BCUT2D eigenvalue weighted by atomic mass is 10.2. The zero-order valence-corrected chi connectivity index (χ0v) is 11.4. The molecular weight excluding hydrogens is 230 g/mol. The first-order chi connectivity index (χ1) is 8.16. The number of aliphatic imine (C=N–C) groups is 1. The van der Waals surface area contributed by atoms with Crippen LogP contribution in [-0.2, 0) is 0 Å². The predicted octanol–water partition coefficient (Wildman–Crippen LogP) is 2.90. The molecule has 0 fully saturated rings. The molecule has 1 N–H and O–H groups in total. The summed E-state index contributed by atoms with van der Waals surface area (Å²) in [5, 5.41) is 4.46. The van der Waals surface area contributed by atoms with Gasteiger partial charge in [-0.1, -0.05) is 30.8 Å². The Kier molecular flexibility index (Phi) is 3.94. The number of nitrogens with one attached hydrogen (secondary N) is 1. The summed E-state index contributed by atoms with van der Waals surface area (Å²) in [4.78, 5) is 6.67. The van der Waals surface area contributed by atoms with Crippen molar-refractivity contribution < 1.29 is 0 Å². The number of hydrogen-bond donors (Lipinski definition) is 1. The summed E-state index contributed by atoms with van der Waals surface area (Å²) < 4.78 is 0. The van der Waals surface area contributed by atoms with Crippen LogP contribution >= 0.6 is 11.8 Å². The monoisotopic (exact) mass is 249 g/mol. The van der Waals surface area contributed by atoms with E-state index < -0.39 is 0 Å². The van der Waals surface area contributed by atoms with Crippen molar-refractivity contribution in [3.05, 3.63) is 24.3 Å². The highest BCUT2D eigenvalue weighted by molar-refractivity contribution is 8.14. The zero-order valence-electron chi connectivity index (χ0n) is 10.6. The van der Waals surface area contributed by atoms with Gasteiger partial charge < -0.3 is 10.2 Å². The Morgan fingerprint density at radius 3 is 2.76 bits per heavy atom. The second-order valence-corrected chi connectivity index (χ2v) is 5.61. The van der Waals surface area contributed by atoms with Gasteiger partial charge in [-0.25, -0.2) is 0 Å². The number of benzene rings is 1. The summed E-state index contributed by atoms with van der Waals surface area (Å²) in [7, 11) is 4.11. The van der Waals surface area contributed by atoms with Crippen LogP contribution < -0.4 is 10.2 Å². The van der Waals surface area contributed by atoms with Gasteiger partial charge >= 0.3 is 0 Å². The number of hydrogen-bond acceptors (Lipinski definition) is 4. The molecular formula is C13H19N3S. The predicted molar refractivity (Wildman–Crippen MR) is 78.3 cm³/mol. The molecule has 1 aliphatic rings. The number of thioether (sulfide) groups is 1. The largest absolute Gasteiger partial charge is 0.376 e. The lowest BCUT2D eigenvalue weighted by molar-refractivity contribution is 0.674. The Hall–Kier alpha value is -1.16. The molecule has 0 saturated heterocycles. The summed E-state index contributed by atoms with van der Waals surface area (Å²) >= 11 is 1.81. The van der Waals surface area contributed by atoms with Crippen molar-refractivity contribution in [1.82, 2.24) is 0 Å². The molecule has 92 valence electrons. The first-order valence-electron chi connectivity index (χ1n) is 5.87. The van der Waals surface area contributed by atoms with Crippen molar-refractivity contribution in [2.24, 2.45) is 10.9 Å². The van der Waals surface area contributed by atoms with E-state index in [-0.39, 0.29) is 0 Å². The molecule has 2 rings (SSSR count). The van der Waals surface area contributed by atoms with E-state index in [2.05, 4.69) is 54.4 Å². The van der Waals surface area contributed by atoms with Gasteiger partial charge in [0.25, 0.3) is 0 Å². The van der Waals surface area contributed by atoms with Crippen molar-refractivity contribution in [1.29, 1.82) is 0 Å². The summed E-state index contributed by atoms with van der Waals surface area (Å²) in [5.74, 6) is 1.84. The molecule has 4 heteroatoms. The van der Waals surface area contributed by atoms with E-state index in [1.165, 1.54) is 5.69 Å². The Morgan fingerprint density at radius 2 is 2.12 bits per heavy atom. The first-order valence-corrected chi connectivity index (χ1v) is 6.86. The fraction of sp³-hybridized carbons (Fsp3) is 0.462. The number of nitrogens with zero attached hydrogens (tertiary/aromatic N) is 2. The van der Waals surface area contributed by atoms with Crippen LogP contribution in [0, 0.1) is 5.92 Å². The molecule has 1 aromatic carbocycles. The van der Waals surface area contributed by atoms with E-state index in [0.717, 1.165) is 23.2 Å². The molecule has 0 aliphatic carbocycles. The van der Waals surface area contributed by atoms with Gasteiger partial charge in [-0.2, -0.15) is 0 Å². The standard InChI is InChI=1S/C13H19N3S/c1-10-8-14-13(17-9-10)15-11-6-4-5-7-12(11)16(2)3/h4-7,10H,8-9H2,1-3H3,(H,14,15). The highest BCUT2D eigenvalue weighted by Crippen LogP contribution is 2.26.